The molecule has 1 aliphatic heterocycles. The lowest BCUT2D eigenvalue weighted by atomic mass is 9.95. The number of carbonyl (C=O) groups is 1. The fourth-order valence-corrected chi connectivity index (χ4v) is 2.35. The third-order valence-corrected chi connectivity index (χ3v) is 3.92. The quantitative estimate of drug-likeness (QED) is 0.789. The van der Waals surface area contributed by atoms with Gasteiger partial charge in [0.2, 0.25) is 5.91 Å². The van der Waals surface area contributed by atoms with E-state index < -0.39 is 0 Å². The summed E-state index contributed by atoms with van der Waals surface area (Å²) in [5.74, 6) is 0.717. The summed E-state index contributed by atoms with van der Waals surface area (Å²) < 4.78 is 5.37. The lowest BCUT2D eigenvalue weighted by Gasteiger charge is -2.38. The van der Waals surface area contributed by atoms with Gasteiger partial charge in [-0.2, -0.15) is 0 Å². The maximum Gasteiger partial charge on any atom is 0.216 e. The average Bonchev–Trinajstić information content (AvgIpc) is 2.35. The summed E-state index contributed by atoms with van der Waals surface area (Å²) in [7, 11) is 1.77. The Morgan fingerprint density at radius 2 is 2.00 bits per heavy atom. The van der Waals surface area contributed by atoms with E-state index in [2.05, 4.69) is 24.1 Å². The molecular weight excluding hydrogens is 216 g/mol. The molecule has 0 saturated carbocycles. The highest BCUT2D eigenvalue weighted by molar-refractivity contribution is 5.72. The molecule has 4 heteroatoms. The first-order valence-corrected chi connectivity index (χ1v) is 6.56. The van der Waals surface area contributed by atoms with Gasteiger partial charge in [-0.05, 0) is 45.7 Å². The van der Waals surface area contributed by atoms with Gasteiger partial charge in [0.05, 0.1) is 6.10 Å². The van der Waals surface area contributed by atoms with E-state index in [4.69, 9.17) is 4.74 Å². The minimum atomic E-state index is 0.0776. The number of rotatable bonds is 5. The van der Waals surface area contributed by atoms with Gasteiger partial charge in [-0.3, -0.25) is 9.69 Å². The van der Waals surface area contributed by atoms with Crippen molar-refractivity contribution >= 4 is 5.91 Å². The van der Waals surface area contributed by atoms with Crippen LogP contribution in [0, 0.1) is 5.92 Å². The molecule has 17 heavy (non-hydrogen) atoms. The molecule has 1 rings (SSSR count). The molecule has 1 fully saturated rings. The van der Waals surface area contributed by atoms with E-state index in [1.807, 2.05) is 0 Å². The molecule has 0 radical (unpaired) electrons. The Kier molecular flexibility index (Phi) is 5.92. The zero-order valence-electron chi connectivity index (χ0n) is 11.5. The molecule has 1 N–H and O–H groups in total. The van der Waals surface area contributed by atoms with Crippen molar-refractivity contribution < 1.29 is 9.53 Å². The maximum absolute atomic E-state index is 10.8. The van der Waals surface area contributed by atoms with Crippen LogP contribution in [0.15, 0.2) is 0 Å². The molecule has 1 heterocycles. The number of nitrogens with zero attached hydrogens (tertiary/aromatic N) is 1. The Labute approximate surface area is 105 Å². The summed E-state index contributed by atoms with van der Waals surface area (Å²) in [6.45, 7) is 8.98. The molecule has 0 aromatic heterocycles. The Hall–Kier alpha value is -0.610. The predicted octanol–water partition coefficient (Wildman–Crippen LogP) is 1.26. The van der Waals surface area contributed by atoms with Crippen LogP contribution in [0.1, 0.15) is 33.6 Å². The smallest absolute Gasteiger partial charge is 0.216 e. The molecule has 0 aliphatic carbocycles. The molecule has 100 valence electrons. The Morgan fingerprint density at radius 3 is 2.47 bits per heavy atom. The van der Waals surface area contributed by atoms with Crippen LogP contribution >= 0.6 is 0 Å². The van der Waals surface area contributed by atoms with Crippen molar-refractivity contribution in [2.24, 2.45) is 5.92 Å². The molecule has 0 aromatic carbocycles. The van der Waals surface area contributed by atoms with Gasteiger partial charge >= 0.3 is 0 Å². The summed E-state index contributed by atoms with van der Waals surface area (Å²) in [4.78, 5) is 13.3. The minimum Gasteiger partial charge on any atom is -0.380 e. The second kappa shape index (κ2) is 6.97. The third-order valence-electron chi connectivity index (χ3n) is 3.92. The van der Waals surface area contributed by atoms with Crippen molar-refractivity contribution in [2.75, 3.05) is 26.7 Å². The molecule has 1 saturated heterocycles. The summed E-state index contributed by atoms with van der Waals surface area (Å²) >= 11 is 0. The van der Waals surface area contributed by atoms with Gasteiger partial charge in [0.1, 0.15) is 0 Å². The van der Waals surface area contributed by atoms with E-state index in [-0.39, 0.29) is 12.0 Å². The SMILES string of the molecule is COC(C)C(C)N1CCC(CNC(C)=O)CC1. The van der Waals surface area contributed by atoms with Crippen molar-refractivity contribution in [3.05, 3.63) is 0 Å². The van der Waals surface area contributed by atoms with E-state index in [9.17, 15) is 4.79 Å². The number of carbonyl (C=O) groups excluding carboxylic acids is 1. The summed E-state index contributed by atoms with van der Waals surface area (Å²) in [5.41, 5.74) is 0. The molecule has 4 nitrogen and oxygen atoms in total. The first-order chi connectivity index (χ1) is 8.04. The zero-order chi connectivity index (χ0) is 12.8. The van der Waals surface area contributed by atoms with Crippen molar-refractivity contribution in [1.82, 2.24) is 10.2 Å². The standard InChI is InChI=1S/C13H26N2O2/c1-10(11(2)17-4)15-7-5-13(6-8-15)9-14-12(3)16/h10-11,13H,5-9H2,1-4H3,(H,14,16). The van der Waals surface area contributed by atoms with Gasteiger partial charge in [0, 0.05) is 26.6 Å². The zero-order valence-corrected chi connectivity index (χ0v) is 11.5. The Morgan fingerprint density at radius 1 is 1.41 bits per heavy atom. The number of ether oxygens (including phenoxy) is 1. The van der Waals surface area contributed by atoms with Crippen molar-refractivity contribution in [2.45, 2.75) is 45.8 Å². The van der Waals surface area contributed by atoms with Gasteiger partial charge in [0.15, 0.2) is 0 Å². The molecule has 0 aromatic rings. The van der Waals surface area contributed by atoms with Gasteiger partial charge in [-0.1, -0.05) is 0 Å². The van der Waals surface area contributed by atoms with Crippen LogP contribution in [0.4, 0.5) is 0 Å². The van der Waals surface area contributed by atoms with Gasteiger partial charge in [-0.15, -0.1) is 0 Å². The first kappa shape index (κ1) is 14.5. The van der Waals surface area contributed by atoms with Crippen LogP contribution in [0.2, 0.25) is 0 Å². The van der Waals surface area contributed by atoms with E-state index in [1.54, 1.807) is 14.0 Å². The lowest BCUT2D eigenvalue weighted by molar-refractivity contribution is -0.119. The number of piperidine rings is 1. The Balaban J connectivity index is 2.27. The summed E-state index contributed by atoms with van der Waals surface area (Å²) in [6.07, 6.45) is 2.61. The number of hydrogen-bond acceptors (Lipinski definition) is 3. The molecule has 2 atom stereocenters. The lowest BCUT2D eigenvalue weighted by Crippen LogP contribution is -2.46. The van der Waals surface area contributed by atoms with Gasteiger partial charge < -0.3 is 10.1 Å². The van der Waals surface area contributed by atoms with E-state index >= 15 is 0 Å². The second-order valence-electron chi connectivity index (χ2n) is 5.10. The topological polar surface area (TPSA) is 41.6 Å². The summed E-state index contributed by atoms with van der Waals surface area (Å²) in [6, 6.07) is 0.474. The number of hydrogen-bond donors (Lipinski definition) is 1. The fraction of sp³-hybridized carbons (Fsp3) is 0.923. The minimum absolute atomic E-state index is 0.0776. The summed E-state index contributed by atoms with van der Waals surface area (Å²) in [5, 5.41) is 2.91. The number of nitrogens with one attached hydrogen (secondary N) is 1. The van der Waals surface area contributed by atoms with E-state index in [0.29, 0.717) is 12.0 Å². The Bertz CT molecular complexity index is 238. The molecule has 2 unspecified atom stereocenters. The van der Waals surface area contributed by atoms with Crippen LogP contribution in [-0.4, -0.2) is 49.7 Å². The van der Waals surface area contributed by atoms with Gasteiger partial charge in [0.25, 0.3) is 0 Å². The number of methoxy groups -OCH3 is 1. The highest BCUT2D eigenvalue weighted by atomic mass is 16.5. The fourth-order valence-electron chi connectivity index (χ4n) is 2.35. The largest absolute Gasteiger partial charge is 0.380 e. The molecule has 0 spiro atoms. The molecular formula is C13H26N2O2. The highest BCUT2D eigenvalue weighted by Gasteiger charge is 2.25. The van der Waals surface area contributed by atoms with Crippen LogP contribution in [-0.2, 0) is 9.53 Å². The second-order valence-corrected chi connectivity index (χ2v) is 5.10. The number of amides is 1. The van der Waals surface area contributed by atoms with Crippen LogP contribution in [0.25, 0.3) is 0 Å². The molecule has 0 bridgehead atoms. The van der Waals surface area contributed by atoms with Crippen LogP contribution < -0.4 is 5.32 Å². The van der Waals surface area contributed by atoms with Crippen LogP contribution in [0.3, 0.4) is 0 Å². The maximum atomic E-state index is 10.8. The van der Waals surface area contributed by atoms with E-state index in [0.717, 1.165) is 19.6 Å². The van der Waals surface area contributed by atoms with Crippen LogP contribution in [0.5, 0.6) is 0 Å². The predicted molar refractivity (Wildman–Crippen MR) is 68.9 cm³/mol. The highest BCUT2D eigenvalue weighted by Crippen LogP contribution is 2.20. The monoisotopic (exact) mass is 242 g/mol. The first-order valence-electron chi connectivity index (χ1n) is 6.56. The molecule has 1 amide bonds. The van der Waals surface area contributed by atoms with Crippen molar-refractivity contribution in [3.8, 4) is 0 Å². The van der Waals surface area contributed by atoms with Gasteiger partial charge in [-0.25, -0.2) is 0 Å². The average molecular weight is 242 g/mol. The van der Waals surface area contributed by atoms with Crippen molar-refractivity contribution in [1.29, 1.82) is 0 Å². The normalized spacial score (nSPS) is 22.1. The third kappa shape index (κ3) is 4.64. The van der Waals surface area contributed by atoms with Crippen molar-refractivity contribution in [3.63, 3.8) is 0 Å². The van der Waals surface area contributed by atoms with E-state index in [1.165, 1.54) is 12.8 Å². The molecule has 1 aliphatic rings. The number of likely N-dealkylation sites (tertiary alicyclic amines) is 1.